The number of hydrogen-bond donors (Lipinski definition) is 0. The highest BCUT2D eigenvalue weighted by molar-refractivity contribution is 5.99. The predicted molar refractivity (Wildman–Crippen MR) is 42.3 cm³/mol. The van der Waals surface area contributed by atoms with Crippen LogP contribution in [0.4, 0.5) is 8.78 Å². The zero-order valence-electron chi connectivity index (χ0n) is 6.92. The second-order valence-corrected chi connectivity index (χ2v) is 2.75. The van der Waals surface area contributed by atoms with Gasteiger partial charge in [-0.05, 0) is 18.2 Å². The van der Waals surface area contributed by atoms with E-state index < -0.39 is 12.1 Å². The summed E-state index contributed by atoms with van der Waals surface area (Å²) < 4.78 is 33.3. The average molecular weight is 199 g/mol. The van der Waals surface area contributed by atoms with Crippen LogP contribution in [-0.2, 0) is 0 Å². The zero-order chi connectivity index (χ0) is 10.3. The highest BCUT2D eigenvalue weighted by Gasteiger charge is 2.43. The van der Waals surface area contributed by atoms with E-state index in [0.717, 1.165) is 0 Å². The molecule has 73 valence electrons. The van der Waals surface area contributed by atoms with E-state index in [1.54, 1.807) is 0 Å². The fourth-order valence-electron chi connectivity index (χ4n) is 1.12. The Hall–Kier alpha value is -1.65. The fourth-order valence-corrected chi connectivity index (χ4v) is 1.12. The van der Waals surface area contributed by atoms with Crippen LogP contribution in [0.5, 0.6) is 11.5 Å². The lowest BCUT2D eigenvalue weighted by molar-refractivity contribution is -0.286. The molecule has 1 radical (unpaired) electrons. The molecule has 0 bridgehead atoms. The van der Waals surface area contributed by atoms with Gasteiger partial charge in [0.15, 0.2) is 17.3 Å². The van der Waals surface area contributed by atoms with Gasteiger partial charge in [-0.2, -0.15) is 0 Å². The van der Waals surface area contributed by atoms with Crippen molar-refractivity contribution >= 4 is 5.78 Å². The van der Waals surface area contributed by atoms with Crippen molar-refractivity contribution in [3.05, 3.63) is 30.7 Å². The lowest BCUT2D eigenvalue weighted by Gasteiger charge is -2.04. The normalized spacial score (nSPS) is 16.8. The van der Waals surface area contributed by atoms with Crippen molar-refractivity contribution in [3.63, 3.8) is 0 Å². The van der Waals surface area contributed by atoms with Crippen molar-refractivity contribution in [2.75, 3.05) is 0 Å². The summed E-state index contributed by atoms with van der Waals surface area (Å²) in [6.07, 6.45) is -3.65. The van der Waals surface area contributed by atoms with E-state index in [2.05, 4.69) is 16.4 Å². The Morgan fingerprint density at radius 3 is 2.57 bits per heavy atom. The van der Waals surface area contributed by atoms with Gasteiger partial charge in [0.05, 0.1) is 0 Å². The number of rotatable bonds is 1. The molecule has 0 atom stereocenters. The Labute approximate surface area is 78.2 Å². The van der Waals surface area contributed by atoms with Crippen molar-refractivity contribution in [1.29, 1.82) is 0 Å². The average Bonchev–Trinajstić information content (AvgIpc) is 2.36. The molecule has 14 heavy (non-hydrogen) atoms. The molecule has 0 saturated heterocycles. The third-order valence-electron chi connectivity index (χ3n) is 1.72. The molecule has 0 fully saturated rings. The molecule has 2 rings (SSSR count). The van der Waals surface area contributed by atoms with Gasteiger partial charge in [0.1, 0.15) is 0 Å². The van der Waals surface area contributed by atoms with Crippen LogP contribution >= 0.6 is 0 Å². The van der Waals surface area contributed by atoms with Gasteiger partial charge in [0, 0.05) is 12.5 Å². The Kier molecular flexibility index (Phi) is 1.70. The number of carbonyl (C=O) groups excluding carboxylic acids is 1. The van der Waals surface area contributed by atoms with Crippen molar-refractivity contribution in [1.82, 2.24) is 0 Å². The lowest BCUT2D eigenvalue weighted by Crippen LogP contribution is -2.25. The third kappa shape index (κ3) is 1.41. The van der Waals surface area contributed by atoms with Gasteiger partial charge in [-0.15, -0.1) is 8.78 Å². The van der Waals surface area contributed by atoms with Crippen LogP contribution in [0.2, 0.25) is 0 Å². The molecule has 0 spiro atoms. The highest BCUT2D eigenvalue weighted by Crippen LogP contribution is 2.41. The van der Waals surface area contributed by atoms with Gasteiger partial charge in [0.25, 0.3) is 0 Å². The summed E-state index contributed by atoms with van der Waals surface area (Å²) in [4.78, 5) is 10.8. The van der Waals surface area contributed by atoms with E-state index in [-0.39, 0.29) is 17.1 Å². The third-order valence-corrected chi connectivity index (χ3v) is 1.72. The summed E-state index contributed by atoms with van der Waals surface area (Å²) in [6.45, 7) is 3.15. The number of benzene rings is 1. The van der Waals surface area contributed by atoms with Gasteiger partial charge in [-0.3, -0.25) is 4.79 Å². The SMILES string of the molecule is [CH2]C(=O)c1ccc2c(c1)OC(F)(F)O2. The van der Waals surface area contributed by atoms with Crippen LogP contribution in [-0.4, -0.2) is 12.1 Å². The minimum absolute atomic E-state index is 0.0833. The quantitative estimate of drug-likeness (QED) is 0.649. The first-order chi connectivity index (χ1) is 6.48. The maximum Gasteiger partial charge on any atom is 0.586 e. The molecule has 1 aliphatic heterocycles. The molecule has 1 aliphatic rings. The smallest absolute Gasteiger partial charge is 0.395 e. The first kappa shape index (κ1) is 8.93. The number of alkyl halides is 2. The summed E-state index contributed by atoms with van der Waals surface area (Å²) >= 11 is 0. The van der Waals surface area contributed by atoms with E-state index in [1.165, 1.54) is 18.2 Å². The predicted octanol–water partition coefficient (Wildman–Crippen LogP) is 2.02. The van der Waals surface area contributed by atoms with E-state index in [0.29, 0.717) is 0 Å². The number of fused-ring (bicyclic) bond motifs is 1. The molecule has 5 heteroatoms. The second-order valence-electron chi connectivity index (χ2n) is 2.75. The van der Waals surface area contributed by atoms with Crippen molar-refractivity contribution in [2.24, 2.45) is 0 Å². The Bertz CT molecular complexity index is 401. The second kappa shape index (κ2) is 2.67. The number of Topliss-reactive ketones (excluding diaryl/α,β-unsaturated/α-hetero) is 1. The van der Waals surface area contributed by atoms with Crippen LogP contribution in [0.3, 0.4) is 0 Å². The number of halogens is 2. The zero-order valence-corrected chi connectivity index (χ0v) is 6.92. The number of hydrogen-bond acceptors (Lipinski definition) is 3. The van der Waals surface area contributed by atoms with Gasteiger partial charge in [0.2, 0.25) is 0 Å². The number of ether oxygens (including phenoxy) is 2. The fraction of sp³-hybridized carbons (Fsp3) is 0.111. The number of ketones is 1. The lowest BCUT2D eigenvalue weighted by atomic mass is 10.1. The molecular weight excluding hydrogens is 194 g/mol. The molecular formula is C9H5F2O3. The van der Waals surface area contributed by atoms with Crippen LogP contribution in [0.1, 0.15) is 10.4 Å². The van der Waals surface area contributed by atoms with Crippen LogP contribution in [0.15, 0.2) is 18.2 Å². The van der Waals surface area contributed by atoms with Crippen molar-refractivity contribution in [3.8, 4) is 11.5 Å². The van der Waals surface area contributed by atoms with Crippen LogP contribution < -0.4 is 9.47 Å². The molecule has 1 aromatic carbocycles. The summed E-state index contributed by atoms with van der Waals surface area (Å²) in [7, 11) is 0. The molecule has 0 saturated carbocycles. The minimum atomic E-state index is -3.65. The molecule has 3 nitrogen and oxygen atoms in total. The van der Waals surface area contributed by atoms with E-state index in [9.17, 15) is 13.6 Å². The van der Waals surface area contributed by atoms with Gasteiger partial charge >= 0.3 is 6.29 Å². The van der Waals surface area contributed by atoms with Crippen LogP contribution in [0.25, 0.3) is 0 Å². The molecule has 1 heterocycles. The first-order valence-corrected chi connectivity index (χ1v) is 3.74. The summed E-state index contributed by atoms with van der Waals surface area (Å²) in [5.41, 5.74) is 0.199. The molecule has 0 aromatic heterocycles. The van der Waals surface area contributed by atoms with E-state index in [1.807, 2.05) is 0 Å². The molecule has 1 aromatic rings. The maximum atomic E-state index is 12.5. The van der Waals surface area contributed by atoms with Crippen molar-refractivity contribution < 1.29 is 23.0 Å². The number of carbonyl (C=O) groups is 1. The monoisotopic (exact) mass is 199 g/mol. The Morgan fingerprint density at radius 1 is 1.29 bits per heavy atom. The van der Waals surface area contributed by atoms with E-state index in [4.69, 9.17) is 0 Å². The largest absolute Gasteiger partial charge is 0.586 e. The summed E-state index contributed by atoms with van der Waals surface area (Å²) in [5, 5.41) is 0. The topological polar surface area (TPSA) is 35.5 Å². The standard InChI is InChI=1S/C9H5F2O3/c1-5(12)6-2-3-7-8(4-6)14-9(10,11)13-7/h2-4H,1H2. The molecule has 0 amide bonds. The van der Waals surface area contributed by atoms with Gasteiger partial charge in [-0.25, -0.2) is 0 Å². The minimum Gasteiger partial charge on any atom is -0.395 e. The highest BCUT2D eigenvalue weighted by atomic mass is 19.3. The van der Waals surface area contributed by atoms with Gasteiger partial charge in [-0.1, -0.05) is 0 Å². The first-order valence-electron chi connectivity index (χ1n) is 3.74. The van der Waals surface area contributed by atoms with E-state index >= 15 is 0 Å². The van der Waals surface area contributed by atoms with Crippen molar-refractivity contribution in [2.45, 2.75) is 6.29 Å². The Balaban J connectivity index is 2.40. The molecule has 0 unspecified atom stereocenters. The summed E-state index contributed by atoms with van der Waals surface area (Å²) in [5.74, 6) is -0.698. The van der Waals surface area contributed by atoms with Gasteiger partial charge < -0.3 is 9.47 Å². The molecule has 0 N–H and O–H groups in total. The molecule has 0 aliphatic carbocycles. The van der Waals surface area contributed by atoms with Crippen LogP contribution in [0, 0.1) is 6.92 Å². The summed E-state index contributed by atoms with van der Waals surface area (Å²) in [6, 6.07) is 3.76. The maximum absolute atomic E-state index is 12.5. The Morgan fingerprint density at radius 2 is 1.93 bits per heavy atom.